The Morgan fingerprint density at radius 3 is 3.08 bits per heavy atom. The van der Waals surface area contributed by atoms with E-state index in [1.807, 2.05) is 22.9 Å². The molecule has 8 heteroatoms. The number of benzene rings is 1. The Morgan fingerprint density at radius 2 is 2.21 bits per heavy atom. The Balaban J connectivity index is 1.40. The number of hydrogen-bond acceptors (Lipinski definition) is 5. The molecule has 0 saturated heterocycles. The molecule has 1 aromatic carbocycles. The summed E-state index contributed by atoms with van der Waals surface area (Å²) in [5.74, 6) is 2.77. The van der Waals surface area contributed by atoms with Gasteiger partial charge in [-0.3, -0.25) is 0 Å². The van der Waals surface area contributed by atoms with Gasteiger partial charge in [-0.25, -0.2) is 9.67 Å². The molecule has 126 valence electrons. The highest BCUT2D eigenvalue weighted by Crippen LogP contribution is 2.31. The maximum Gasteiger partial charge on any atom is 0.189 e. The van der Waals surface area contributed by atoms with E-state index in [1.54, 1.807) is 0 Å². The van der Waals surface area contributed by atoms with Crippen molar-refractivity contribution in [2.24, 2.45) is 16.6 Å². The van der Waals surface area contributed by atoms with Gasteiger partial charge < -0.3 is 15.8 Å². The Morgan fingerprint density at radius 1 is 1.33 bits per heavy atom. The zero-order chi connectivity index (χ0) is 16.4. The van der Waals surface area contributed by atoms with Crippen LogP contribution in [-0.4, -0.2) is 32.8 Å². The van der Waals surface area contributed by atoms with Crippen LogP contribution in [0.1, 0.15) is 36.7 Å². The molecule has 0 amide bonds. The van der Waals surface area contributed by atoms with E-state index in [9.17, 15) is 0 Å². The molecule has 1 unspecified atom stereocenters. The molecular formula is C16H21N7O. The maximum atomic E-state index is 6.06. The summed E-state index contributed by atoms with van der Waals surface area (Å²) in [5, 5.41) is 15.1. The average Bonchev–Trinajstić information content (AvgIpc) is 3.30. The lowest BCUT2D eigenvalue weighted by Crippen LogP contribution is -2.37. The van der Waals surface area contributed by atoms with Crippen molar-refractivity contribution < 1.29 is 4.74 Å². The van der Waals surface area contributed by atoms with Crippen LogP contribution in [0.5, 0.6) is 5.75 Å². The van der Waals surface area contributed by atoms with Gasteiger partial charge in [-0.2, -0.15) is 0 Å². The SMILES string of the molecule is NC(=NCc1nnnn1CC1CC1)NC1CCOc2ccccc21. The third kappa shape index (κ3) is 3.32. The summed E-state index contributed by atoms with van der Waals surface area (Å²) < 4.78 is 7.49. The van der Waals surface area contributed by atoms with Crippen molar-refractivity contribution in [2.75, 3.05) is 6.61 Å². The summed E-state index contributed by atoms with van der Waals surface area (Å²) in [6, 6.07) is 8.11. The van der Waals surface area contributed by atoms with E-state index < -0.39 is 0 Å². The summed E-state index contributed by atoms with van der Waals surface area (Å²) in [6.07, 6.45) is 3.37. The topological polar surface area (TPSA) is 103 Å². The molecule has 0 bridgehead atoms. The molecule has 1 aliphatic carbocycles. The van der Waals surface area contributed by atoms with Crippen LogP contribution in [0.3, 0.4) is 0 Å². The summed E-state index contributed by atoms with van der Waals surface area (Å²) >= 11 is 0. The van der Waals surface area contributed by atoms with E-state index in [1.165, 1.54) is 12.8 Å². The lowest BCUT2D eigenvalue weighted by Gasteiger charge is -2.26. The van der Waals surface area contributed by atoms with Crippen molar-refractivity contribution in [3.8, 4) is 5.75 Å². The number of rotatable bonds is 5. The van der Waals surface area contributed by atoms with Gasteiger partial charge in [0.05, 0.1) is 12.6 Å². The lowest BCUT2D eigenvalue weighted by molar-refractivity contribution is 0.262. The fraction of sp³-hybridized carbons (Fsp3) is 0.500. The van der Waals surface area contributed by atoms with E-state index in [4.69, 9.17) is 10.5 Å². The molecule has 4 rings (SSSR count). The zero-order valence-electron chi connectivity index (χ0n) is 13.4. The number of ether oxygens (including phenoxy) is 1. The van der Waals surface area contributed by atoms with Crippen molar-refractivity contribution in [3.05, 3.63) is 35.7 Å². The molecule has 1 aliphatic heterocycles. The van der Waals surface area contributed by atoms with E-state index in [-0.39, 0.29) is 6.04 Å². The zero-order valence-corrected chi connectivity index (χ0v) is 13.4. The van der Waals surface area contributed by atoms with Crippen molar-refractivity contribution in [3.63, 3.8) is 0 Å². The minimum atomic E-state index is 0.112. The van der Waals surface area contributed by atoms with E-state index in [0.29, 0.717) is 25.0 Å². The third-order valence-electron chi connectivity index (χ3n) is 4.41. The number of hydrogen-bond donors (Lipinski definition) is 2. The summed E-state index contributed by atoms with van der Waals surface area (Å²) in [4.78, 5) is 4.40. The second-order valence-electron chi connectivity index (χ2n) is 6.29. The van der Waals surface area contributed by atoms with Crippen molar-refractivity contribution >= 4 is 5.96 Å². The molecule has 2 aliphatic rings. The molecule has 2 aromatic rings. The summed E-state index contributed by atoms with van der Waals surface area (Å²) in [6.45, 7) is 1.92. The van der Waals surface area contributed by atoms with Crippen LogP contribution >= 0.6 is 0 Å². The lowest BCUT2D eigenvalue weighted by atomic mass is 10.0. The largest absolute Gasteiger partial charge is 0.493 e. The third-order valence-corrected chi connectivity index (χ3v) is 4.41. The Hall–Kier alpha value is -2.64. The summed E-state index contributed by atoms with van der Waals surface area (Å²) in [5.41, 5.74) is 7.17. The maximum absolute atomic E-state index is 6.06. The van der Waals surface area contributed by atoms with E-state index in [0.717, 1.165) is 30.1 Å². The molecular weight excluding hydrogens is 306 g/mol. The van der Waals surface area contributed by atoms with Crippen molar-refractivity contribution in [1.82, 2.24) is 25.5 Å². The first-order valence-corrected chi connectivity index (χ1v) is 8.33. The molecule has 24 heavy (non-hydrogen) atoms. The predicted octanol–water partition coefficient (Wildman–Crippen LogP) is 1.01. The van der Waals surface area contributed by atoms with Gasteiger partial charge in [0.15, 0.2) is 11.8 Å². The van der Waals surface area contributed by atoms with Gasteiger partial charge in [-0.05, 0) is 35.3 Å². The number of nitrogens with zero attached hydrogens (tertiary/aromatic N) is 5. The van der Waals surface area contributed by atoms with Crippen LogP contribution in [0.25, 0.3) is 0 Å². The van der Waals surface area contributed by atoms with Crippen LogP contribution in [0.15, 0.2) is 29.3 Å². The minimum absolute atomic E-state index is 0.112. The molecule has 8 nitrogen and oxygen atoms in total. The number of tetrazole rings is 1. The first-order valence-electron chi connectivity index (χ1n) is 8.33. The highest BCUT2D eigenvalue weighted by atomic mass is 16.5. The average molecular weight is 327 g/mol. The number of aromatic nitrogens is 4. The number of aliphatic imine (C=N–C) groups is 1. The Kier molecular flexibility index (Phi) is 4.02. The molecule has 2 heterocycles. The molecule has 0 spiro atoms. The van der Waals surface area contributed by atoms with Crippen LogP contribution in [0.2, 0.25) is 0 Å². The van der Waals surface area contributed by atoms with Crippen LogP contribution in [0, 0.1) is 5.92 Å². The Bertz CT molecular complexity index is 738. The number of para-hydroxylation sites is 1. The Labute approximate surface area is 140 Å². The molecule has 3 N–H and O–H groups in total. The monoisotopic (exact) mass is 327 g/mol. The van der Waals surface area contributed by atoms with Gasteiger partial charge in [-0.1, -0.05) is 18.2 Å². The number of nitrogens with one attached hydrogen (secondary N) is 1. The molecule has 1 saturated carbocycles. The second-order valence-corrected chi connectivity index (χ2v) is 6.29. The van der Waals surface area contributed by atoms with E-state index in [2.05, 4.69) is 31.9 Å². The quantitative estimate of drug-likeness (QED) is 0.627. The van der Waals surface area contributed by atoms with Gasteiger partial charge in [0.25, 0.3) is 0 Å². The van der Waals surface area contributed by atoms with Crippen molar-refractivity contribution in [1.29, 1.82) is 0 Å². The second kappa shape index (κ2) is 6.46. The van der Waals surface area contributed by atoms with Gasteiger partial charge in [0.1, 0.15) is 12.3 Å². The first kappa shape index (κ1) is 14.9. The summed E-state index contributed by atoms with van der Waals surface area (Å²) in [7, 11) is 0. The number of fused-ring (bicyclic) bond motifs is 1. The van der Waals surface area contributed by atoms with Crippen LogP contribution in [-0.2, 0) is 13.1 Å². The minimum Gasteiger partial charge on any atom is -0.493 e. The standard InChI is InChI=1S/C16H21N7O/c17-16(18-9-15-20-21-22-23(15)10-11-5-6-11)19-13-7-8-24-14-4-2-1-3-12(13)14/h1-4,11,13H,5-10H2,(H3,17,18,19). The van der Waals surface area contributed by atoms with Crippen LogP contribution in [0.4, 0.5) is 0 Å². The molecule has 0 radical (unpaired) electrons. The fourth-order valence-corrected chi connectivity index (χ4v) is 2.90. The highest BCUT2D eigenvalue weighted by molar-refractivity contribution is 5.78. The van der Waals surface area contributed by atoms with Gasteiger partial charge >= 0.3 is 0 Å². The smallest absolute Gasteiger partial charge is 0.189 e. The molecule has 1 atom stereocenters. The van der Waals surface area contributed by atoms with Crippen LogP contribution < -0.4 is 15.8 Å². The predicted molar refractivity (Wildman–Crippen MR) is 88.3 cm³/mol. The number of nitrogens with two attached hydrogens (primary N) is 1. The normalized spacial score (nSPS) is 20.3. The van der Waals surface area contributed by atoms with Gasteiger partial charge in [0.2, 0.25) is 0 Å². The first-order chi connectivity index (χ1) is 11.8. The van der Waals surface area contributed by atoms with Crippen molar-refractivity contribution in [2.45, 2.75) is 38.4 Å². The van der Waals surface area contributed by atoms with Gasteiger partial charge in [0, 0.05) is 18.5 Å². The molecule has 1 fully saturated rings. The highest BCUT2D eigenvalue weighted by Gasteiger charge is 2.24. The number of guanidine groups is 1. The fourth-order valence-electron chi connectivity index (χ4n) is 2.90. The van der Waals surface area contributed by atoms with Gasteiger partial charge in [-0.15, -0.1) is 5.10 Å². The van der Waals surface area contributed by atoms with E-state index >= 15 is 0 Å². The molecule has 1 aromatic heterocycles.